The molecule has 1 N–H and O–H groups in total. The Labute approximate surface area is 225 Å². The second kappa shape index (κ2) is 9.83. The molecule has 4 heterocycles. The van der Waals surface area contributed by atoms with Crippen molar-refractivity contribution in [1.82, 2.24) is 24.3 Å². The highest BCUT2D eigenvalue weighted by molar-refractivity contribution is 6.33. The molecule has 1 aromatic carbocycles. The second-order valence-electron chi connectivity index (χ2n) is 9.79. The van der Waals surface area contributed by atoms with Crippen LogP contribution in [0, 0.1) is 0 Å². The molecule has 0 amide bonds. The highest BCUT2D eigenvalue weighted by atomic mass is 35.5. The van der Waals surface area contributed by atoms with Gasteiger partial charge in [0.25, 0.3) is 0 Å². The summed E-state index contributed by atoms with van der Waals surface area (Å²) in [4.78, 5) is 22.1. The summed E-state index contributed by atoms with van der Waals surface area (Å²) in [7, 11) is 3.41. The minimum Gasteiger partial charge on any atom is -0.481 e. The van der Waals surface area contributed by atoms with Crippen molar-refractivity contribution in [3.8, 4) is 28.3 Å². The van der Waals surface area contributed by atoms with E-state index in [0.29, 0.717) is 33.6 Å². The third-order valence-electron chi connectivity index (χ3n) is 5.77. The Morgan fingerprint density at radius 1 is 0.974 bits per heavy atom. The Kier molecular flexibility index (Phi) is 6.54. The number of nitrogens with zero attached hydrogens (tertiary/aromatic N) is 5. The molecule has 194 valence electrons. The SMILES string of the molecule is COc1ccc(-c2ccc(Nc3cc4c(cn3)cc(-c3cnn(C)c3)n4C(=O)OC(C)(C)C)c(Cl)c2)cn1. The van der Waals surface area contributed by atoms with Gasteiger partial charge < -0.3 is 14.8 Å². The fraction of sp³-hybridized carbons (Fsp3) is 0.214. The summed E-state index contributed by atoms with van der Waals surface area (Å²) in [6.45, 7) is 5.51. The number of rotatable bonds is 5. The third kappa shape index (κ3) is 5.19. The van der Waals surface area contributed by atoms with Gasteiger partial charge in [-0.15, -0.1) is 0 Å². The van der Waals surface area contributed by atoms with E-state index >= 15 is 0 Å². The van der Waals surface area contributed by atoms with Crippen LogP contribution in [0.2, 0.25) is 5.02 Å². The van der Waals surface area contributed by atoms with Crippen molar-refractivity contribution < 1.29 is 14.3 Å². The van der Waals surface area contributed by atoms with Gasteiger partial charge in [-0.1, -0.05) is 17.7 Å². The molecule has 38 heavy (non-hydrogen) atoms. The van der Waals surface area contributed by atoms with Gasteiger partial charge >= 0.3 is 6.09 Å². The van der Waals surface area contributed by atoms with Gasteiger partial charge in [0.1, 0.15) is 11.4 Å². The smallest absolute Gasteiger partial charge is 0.419 e. The quantitative estimate of drug-likeness (QED) is 0.270. The maximum atomic E-state index is 13.3. The zero-order valence-electron chi connectivity index (χ0n) is 21.7. The van der Waals surface area contributed by atoms with Crippen LogP contribution in [0.1, 0.15) is 20.8 Å². The number of methoxy groups -OCH3 is 1. The van der Waals surface area contributed by atoms with Gasteiger partial charge in [-0.05, 0) is 50.6 Å². The molecule has 0 saturated heterocycles. The van der Waals surface area contributed by atoms with Crippen LogP contribution in [-0.4, -0.2) is 43.1 Å². The number of halogens is 1. The summed E-state index contributed by atoms with van der Waals surface area (Å²) in [6, 6.07) is 13.1. The maximum absolute atomic E-state index is 13.3. The molecule has 0 unspecified atom stereocenters. The van der Waals surface area contributed by atoms with Crippen molar-refractivity contribution in [3.63, 3.8) is 0 Å². The summed E-state index contributed by atoms with van der Waals surface area (Å²) in [5.74, 6) is 1.07. The first-order valence-electron chi connectivity index (χ1n) is 11.9. The van der Waals surface area contributed by atoms with Crippen LogP contribution in [-0.2, 0) is 11.8 Å². The fourth-order valence-corrected chi connectivity index (χ4v) is 4.27. The summed E-state index contributed by atoms with van der Waals surface area (Å²) in [5, 5.41) is 8.82. The molecule has 5 aromatic rings. The van der Waals surface area contributed by atoms with Crippen LogP contribution in [0.25, 0.3) is 33.3 Å². The molecule has 0 atom stereocenters. The number of benzene rings is 1. The van der Waals surface area contributed by atoms with Crippen molar-refractivity contribution in [2.24, 2.45) is 7.05 Å². The number of aryl methyl sites for hydroxylation is 1. The van der Waals surface area contributed by atoms with Crippen molar-refractivity contribution in [3.05, 3.63) is 72.3 Å². The van der Waals surface area contributed by atoms with Crippen LogP contribution >= 0.6 is 11.6 Å². The number of carbonyl (C=O) groups is 1. The molecule has 9 nitrogen and oxygen atoms in total. The minimum atomic E-state index is -0.664. The Balaban J connectivity index is 1.50. The van der Waals surface area contributed by atoms with Crippen LogP contribution < -0.4 is 10.1 Å². The topological polar surface area (TPSA) is 96.1 Å². The van der Waals surface area contributed by atoms with Crippen LogP contribution in [0.4, 0.5) is 16.3 Å². The summed E-state index contributed by atoms with van der Waals surface area (Å²) in [5.41, 5.74) is 3.94. The molecule has 4 aromatic heterocycles. The van der Waals surface area contributed by atoms with Gasteiger partial charge in [0.15, 0.2) is 0 Å². The molecule has 10 heteroatoms. The molecule has 0 spiro atoms. The number of hydrogen-bond donors (Lipinski definition) is 1. The number of carbonyl (C=O) groups excluding carboxylic acids is 1. The zero-order chi connectivity index (χ0) is 27.0. The highest BCUT2D eigenvalue weighted by Crippen LogP contribution is 2.33. The van der Waals surface area contributed by atoms with Crippen molar-refractivity contribution in [1.29, 1.82) is 0 Å². The van der Waals surface area contributed by atoms with Crippen LogP contribution in [0.15, 0.2) is 67.3 Å². The predicted octanol–water partition coefficient (Wildman–Crippen LogP) is 6.69. The lowest BCUT2D eigenvalue weighted by Crippen LogP contribution is -2.27. The van der Waals surface area contributed by atoms with E-state index in [1.807, 2.05) is 64.3 Å². The number of fused-ring (bicyclic) bond motifs is 1. The molecule has 0 aliphatic heterocycles. The van der Waals surface area contributed by atoms with E-state index in [4.69, 9.17) is 21.1 Å². The average Bonchev–Trinajstić information content (AvgIpc) is 3.47. The lowest BCUT2D eigenvalue weighted by atomic mass is 10.1. The Morgan fingerprint density at radius 3 is 2.39 bits per heavy atom. The van der Waals surface area contributed by atoms with Gasteiger partial charge in [0, 0.05) is 54.3 Å². The molecule has 5 rings (SSSR count). The second-order valence-corrected chi connectivity index (χ2v) is 10.2. The molecular formula is C28H27ClN6O3. The molecule has 0 bridgehead atoms. The molecule has 0 fully saturated rings. The average molecular weight is 531 g/mol. The zero-order valence-corrected chi connectivity index (χ0v) is 22.4. The Morgan fingerprint density at radius 2 is 1.76 bits per heavy atom. The van der Waals surface area contributed by atoms with Crippen LogP contribution in [0.5, 0.6) is 5.88 Å². The summed E-state index contributed by atoms with van der Waals surface area (Å²) in [6.07, 6.45) is 6.52. The number of aromatic nitrogens is 5. The monoisotopic (exact) mass is 530 g/mol. The summed E-state index contributed by atoms with van der Waals surface area (Å²) < 4.78 is 14.1. The van der Waals surface area contributed by atoms with Crippen LogP contribution in [0.3, 0.4) is 0 Å². The molecule has 0 radical (unpaired) electrons. The van der Waals surface area contributed by atoms with Crippen molar-refractivity contribution in [2.45, 2.75) is 26.4 Å². The number of nitrogens with one attached hydrogen (secondary N) is 1. The first-order valence-corrected chi connectivity index (χ1v) is 12.3. The van der Waals surface area contributed by atoms with E-state index in [9.17, 15) is 4.79 Å². The molecule has 0 saturated carbocycles. The number of anilines is 2. The van der Waals surface area contributed by atoms with E-state index in [2.05, 4.69) is 20.4 Å². The van der Waals surface area contributed by atoms with Crippen molar-refractivity contribution >= 4 is 40.1 Å². The Hall–Kier alpha value is -4.37. The standard InChI is InChI=1S/C28H27ClN6O3/c1-28(2,3)38-27(36)35-23(20-15-32-34(4)16-20)11-19-14-30-25(12-24(19)35)33-22-8-6-17(10-21(22)29)18-7-9-26(37-5)31-13-18/h6-16H,1-5H3,(H,30,33). The van der Waals surface area contributed by atoms with Gasteiger partial charge in [-0.2, -0.15) is 5.10 Å². The lowest BCUT2D eigenvalue weighted by molar-refractivity contribution is 0.0547. The first-order chi connectivity index (χ1) is 18.1. The third-order valence-corrected chi connectivity index (χ3v) is 6.09. The van der Waals surface area contributed by atoms with E-state index < -0.39 is 11.7 Å². The number of ether oxygens (including phenoxy) is 2. The van der Waals surface area contributed by atoms with E-state index in [1.54, 1.807) is 47.1 Å². The molecular weight excluding hydrogens is 504 g/mol. The summed E-state index contributed by atoms with van der Waals surface area (Å²) >= 11 is 6.62. The van der Waals surface area contributed by atoms with Crippen molar-refractivity contribution in [2.75, 3.05) is 12.4 Å². The van der Waals surface area contributed by atoms with Gasteiger partial charge in [-0.25, -0.2) is 19.3 Å². The normalized spacial score (nSPS) is 11.5. The minimum absolute atomic E-state index is 0.487. The Bertz CT molecular complexity index is 1630. The van der Waals surface area contributed by atoms with E-state index in [-0.39, 0.29) is 0 Å². The maximum Gasteiger partial charge on any atom is 0.419 e. The van der Waals surface area contributed by atoms with Gasteiger partial charge in [0.2, 0.25) is 5.88 Å². The fourth-order valence-electron chi connectivity index (χ4n) is 4.05. The largest absolute Gasteiger partial charge is 0.481 e. The molecule has 0 aliphatic rings. The van der Waals surface area contributed by atoms with E-state index in [1.165, 1.54) is 0 Å². The van der Waals surface area contributed by atoms with Gasteiger partial charge in [0.05, 0.1) is 35.2 Å². The van der Waals surface area contributed by atoms with E-state index in [0.717, 1.165) is 22.1 Å². The number of pyridine rings is 2. The molecule has 0 aliphatic carbocycles. The highest BCUT2D eigenvalue weighted by Gasteiger charge is 2.24. The first kappa shape index (κ1) is 25.3. The predicted molar refractivity (Wildman–Crippen MR) is 148 cm³/mol. The number of hydrogen-bond acceptors (Lipinski definition) is 7. The van der Waals surface area contributed by atoms with Gasteiger partial charge in [-0.3, -0.25) is 4.68 Å². The lowest BCUT2D eigenvalue weighted by Gasteiger charge is -2.21.